The maximum Gasteiger partial charge on any atom is 0.255 e. The summed E-state index contributed by atoms with van der Waals surface area (Å²) in [4.78, 5) is 47.6. The zero-order valence-corrected chi connectivity index (χ0v) is 29.4. The van der Waals surface area contributed by atoms with E-state index < -0.39 is 6.10 Å². The molecule has 0 bridgehead atoms. The first-order valence-electron chi connectivity index (χ1n) is 18.8. The van der Waals surface area contributed by atoms with Crippen molar-refractivity contribution in [1.82, 2.24) is 19.4 Å². The summed E-state index contributed by atoms with van der Waals surface area (Å²) in [7, 11) is 1.66. The minimum atomic E-state index is -0.490. The van der Waals surface area contributed by atoms with Gasteiger partial charge in [0.1, 0.15) is 5.52 Å². The van der Waals surface area contributed by atoms with Crippen molar-refractivity contribution in [2.24, 2.45) is 13.0 Å². The van der Waals surface area contributed by atoms with Crippen LogP contribution in [-0.4, -0.2) is 49.6 Å². The van der Waals surface area contributed by atoms with Crippen LogP contribution in [0.3, 0.4) is 0 Å². The van der Waals surface area contributed by atoms with Crippen molar-refractivity contribution in [3.63, 3.8) is 0 Å². The van der Waals surface area contributed by atoms with Gasteiger partial charge in [0.05, 0.1) is 18.3 Å². The molecule has 2 aromatic heterocycles. The molecule has 47 heavy (non-hydrogen) atoms. The number of allylic oxidation sites excluding steroid dienone is 3. The van der Waals surface area contributed by atoms with E-state index in [0.29, 0.717) is 29.7 Å². The van der Waals surface area contributed by atoms with Crippen molar-refractivity contribution in [2.45, 2.75) is 148 Å². The second-order valence-electron chi connectivity index (χ2n) is 13.6. The van der Waals surface area contributed by atoms with Gasteiger partial charge in [0.25, 0.3) is 5.56 Å². The Morgan fingerprint density at radius 1 is 0.915 bits per heavy atom. The molecule has 2 N–H and O–H groups in total. The summed E-state index contributed by atoms with van der Waals surface area (Å²) in [6.45, 7) is 3.42. The second-order valence-corrected chi connectivity index (χ2v) is 13.6. The molecule has 1 aliphatic carbocycles. The molecule has 0 spiro atoms. The van der Waals surface area contributed by atoms with Crippen LogP contribution < -0.4 is 11.0 Å². The normalized spacial score (nSPS) is 15.3. The number of carbonyl (C=O) groups is 1. The molecule has 262 valence electrons. The third kappa shape index (κ3) is 13.9. The molecule has 0 fully saturated rings. The van der Waals surface area contributed by atoms with Crippen molar-refractivity contribution >= 4 is 17.1 Å². The monoisotopic (exact) mass is 650 g/mol. The Bertz CT molecular complexity index is 1360. The Balaban J connectivity index is 1.32. The van der Waals surface area contributed by atoms with Crippen LogP contribution in [0.25, 0.3) is 11.2 Å². The largest absolute Gasteiger partial charge is 0.391 e. The minimum Gasteiger partial charge on any atom is -0.391 e. The van der Waals surface area contributed by atoms with Gasteiger partial charge in [-0.3, -0.25) is 19.0 Å². The number of aromatic nitrogens is 3. The van der Waals surface area contributed by atoms with Gasteiger partial charge in [0.15, 0.2) is 5.65 Å². The molecule has 0 saturated carbocycles. The standard InChI is InChI=1S/C39H62N4O4/c1-3-4-5-6-7-8-9-13-18-23-28-43(39(47)32-24-19-16-17-20-25-32)30-34(44)27-22-15-12-10-11-14-21-26-33-29-35(45)36-37(41-31-40-36)42(2)38(33)46/h16,19-20,25,29,31-32,34,44H,3-15,17-18,21-24,26-28,30H2,1-2H3,(H,40,41). The summed E-state index contributed by atoms with van der Waals surface area (Å²) in [6.07, 6.45) is 32.1. The number of fused-ring (bicyclic) bond motifs is 1. The molecule has 1 amide bonds. The number of nitrogens with zero attached hydrogens (tertiary/aromatic N) is 3. The van der Waals surface area contributed by atoms with E-state index in [2.05, 4.69) is 41.2 Å². The number of amides is 1. The van der Waals surface area contributed by atoms with E-state index in [4.69, 9.17) is 0 Å². The Hall–Kier alpha value is -3.00. The maximum atomic E-state index is 13.5. The highest BCUT2D eigenvalue weighted by atomic mass is 16.3. The van der Waals surface area contributed by atoms with Gasteiger partial charge in [-0.25, -0.2) is 4.98 Å². The van der Waals surface area contributed by atoms with Crippen LogP contribution >= 0.6 is 0 Å². The van der Waals surface area contributed by atoms with Crippen LogP contribution in [0.5, 0.6) is 0 Å². The van der Waals surface area contributed by atoms with E-state index in [1.807, 2.05) is 4.90 Å². The van der Waals surface area contributed by atoms with E-state index in [1.54, 1.807) is 7.05 Å². The fraction of sp³-hybridized carbons (Fsp3) is 0.692. The highest BCUT2D eigenvalue weighted by Crippen LogP contribution is 2.18. The quantitative estimate of drug-likeness (QED) is 0.0887. The molecule has 1 aliphatic rings. The zero-order valence-electron chi connectivity index (χ0n) is 29.4. The van der Waals surface area contributed by atoms with Crippen LogP contribution in [0, 0.1) is 5.92 Å². The molecule has 0 saturated heterocycles. The number of hydrogen-bond acceptors (Lipinski definition) is 5. The molecule has 2 atom stereocenters. The number of carbonyl (C=O) groups excluding carboxylic acids is 1. The lowest BCUT2D eigenvalue weighted by Crippen LogP contribution is -2.41. The average Bonchev–Trinajstić information content (AvgIpc) is 3.37. The first-order chi connectivity index (χ1) is 22.9. The third-order valence-electron chi connectivity index (χ3n) is 9.59. The number of H-pyrrole nitrogens is 1. The molecule has 2 heterocycles. The van der Waals surface area contributed by atoms with Crippen molar-refractivity contribution in [1.29, 1.82) is 0 Å². The number of aryl methyl sites for hydroxylation is 2. The third-order valence-corrected chi connectivity index (χ3v) is 9.59. The number of aliphatic hydroxyl groups is 1. The molecular formula is C39H62N4O4. The summed E-state index contributed by atoms with van der Waals surface area (Å²) in [6, 6.07) is 1.46. The smallest absolute Gasteiger partial charge is 0.255 e. The van der Waals surface area contributed by atoms with Crippen molar-refractivity contribution in [2.75, 3.05) is 13.1 Å². The van der Waals surface area contributed by atoms with E-state index >= 15 is 0 Å². The van der Waals surface area contributed by atoms with Crippen LogP contribution in [0.15, 0.2) is 46.3 Å². The lowest BCUT2D eigenvalue weighted by Gasteiger charge is -2.28. The number of unbranched alkanes of at least 4 members (excludes halogenated alkanes) is 15. The van der Waals surface area contributed by atoms with Gasteiger partial charge in [-0.2, -0.15) is 0 Å². The summed E-state index contributed by atoms with van der Waals surface area (Å²) < 4.78 is 1.45. The van der Waals surface area contributed by atoms with Crippen LogP contribution in [0.4, 0.5) is 0 Å². The number of hydrogen-bond donors (Lipinski definition) is 2. The number of aromatic amines is 1. The number of rotatable bonds is 24. The Morgan fingerprint density at radius 2 is 1.55 bits per heavy atom. The lowest BCUT2D eigenvalue weighted by molar-refractivity contribution is -0.135. The van der Waals surface area contributed by atoms with Gasteiger partial charge in [-0.05, 0) is 44.6 Å². The number of aliphatic hydroxyl groups excluding tert-OH is 1. The molecule has 2 unspecified atom stereocenters. The summed E-state index contributed by atoms with van der Waals surface area (Å²) in [5.41, 5.74) is 0.943. The Kier molecular flexibility index (Phi) is 18.4. The van der Waals surface area contributed by atoms with Crippen molar-refractivity contribution in [3.8, 4) is 0 Å². The molecule has 8 heteroatoms. The SMILES string of the molecule is CCCCCCCCCCCCN(CC(O)CCCCCCCCCc1cc(=O)c2[nH]cnc2n(C)c1=O)C(=O)C1C=CCC=CC1. The van der Waals surface area contributed by atoms with E-state index in [-0.39, 0.29) is 22.8 Å². The van der Waals surface area contributed by atoms with Crippen LogP contribution in [0.1, 0.15) is 141 Å². The highest BCUT2D eigenvalue weighted by molar-refractivity contribution is 5.81. The summed E-state index contributed by atoms with van der Waals surface area (Å²) in [5.74, 6) is 0.0386. The topological polar surface area (TPSA) is 108 Å². The maximum absolute atomic E-state index is 13.5. The van der Waals surface area contributed by atoms with E-state index in [1.165, 1.54) is 68.3 Å². The predicted molar refractivity (Wildman–Crippen MR) is 194 cm³/mol. The summed E-state index contributed by atoms with van der Waals surface area (Å²) >= 11 is 0. The summed E-state index contributed by atoms with van der Waals surface area (Å²) in [5, 5.41) is 10.9. The first-order valence-corrected chi connectivity index (χ1v) is 18.8. The highest BCUT2D eigenvalue weighted by Gasteiger charge is 2.23. The van der Waals surface area contributed by atoms with Gasteiger partial charge >= 0.3 is 0 Å². The van der Waals surface area contributed by atoms with Crippen LogP contribution in [0.2, 0.25) is 0 Å². The van der Waals surface area contributed by atoms with E-state index in [9.17, 15) is 19.5 Å². The predicted octanol–water partition coefficient (Wildman–Crippen LogP) is 7.92. The Labute approximate surface area is 282 Å². The van der Waals surface area contributed by atoms with Gasteiger partial charge < -0.3 is 15.0 Å². The van der Waals surface area contributed by atoms with Gasteiger partial charge in [-0.1, -0.05) is 128 Å². The lowest BCUT2D eigenvalue weighted by atomic mass is 10.0. The second kappa shape index (κ2) is 22.5. The fourth-order valence-electron chi connectivity index (χ4n) is 6.67. The molecule has 0 radical (unpaired) electrons. The van der Waals surface area contributed by atoms with E-state index in [0.717, 1.165) is 83.6 Å². The van der Waals surface area contributed by atoms with Crippen molar-refractivity contribution < 1.29 is 9.90 Å². The van der Waals surface area contributed by atoms with Crippen molar-refractivity contribution in [3.05, 3.63) is 62.8 Å². The molecule has 0 aromatic carbocycles. The van der Waals surface area contributed by atoms with Crippen LogP contribution in [-0.2, 0) is 18.3 Å². The molecule has 0 aliphatic heterocycles. The molecular weight excluding hydrogens is 588 g/mol. The van der Waals surface area contributed by atoms with Gasteiger partial charge in [-0.15, -0.1) is 0 Å². The fourth-order valence-corrected chi connectivity index (χ4v) is 6.67. The number of imidazole rings is 1. The molecule has 2 aromatic rings. The number of nitrogens with one attached hydrogen (secondary N) is 1. The van der Waals surface area contributed by atoms with Gasteiger partial charge in [0, 0.05) is 25.7 Å². The average molecular weight is 651 g/mol. The zero-order chi connectivity index (χ0) is 33.7. The van der Waals surface area contributed by atoms with Gasteiger partial charge in [0.2, 0.25) is 11.3 Å². The molecule has 3 rings (SSSR count). The minimum absolute atomic E-state index is 0.119. The molecule has 8 nitrogen and oxygen atoms in total. The first kappa shape index (κ1) is 38.4. The Morgan fingerprint density at radius 3 is 2.26 bits per heavy atom.